The van der Waals surface area contributed by atoms with Gasteiger partial charge in [-0.2, -0.15) is 0 Å². The van der Waals surface area contributed by atoms with Crippen molar-refractivity contribution in [3.05, 3.63) is 0 Å². The zero-order valence-electron chi connectivity index (χ0n) is 13.8. The Bertz CT molecular complexity index is 484. The number of nitrogens with zero attached hydrogens (tertiary/aromatic N) is 1. The van der Waals surface area contributed by atoms with Gasteiger partial charge in [0.25, 0.3) is 0 Å². The molecule has 5 nitrogen and oxygen atoms in total. The number of carbonyl (C=O) groups is 1. The van der Waals surface area contributed by atoms with Crippen molar-refractivity contribution in [1.82, 2.24) is 10.2 Å². The molecule has 4 fully saturated rings. The van der Waals surface area contributed by atoms with Crippen LogP contribution in [0.2, 0.25) is 0 Å². The van der Waals surface area contributed by atoms with E-state index < -0.39 is 12.3 Å². The van der Waals surface area contributed by atoms with Crippen molar-refractivity contribution in [3.63, 3.8) is 0 Å². The van der Waals surface area contributed by atoms with E-state index in [4.69, 9.17) is 10.5 Å². The number of hydrogen-bond acceptors (Lipinski definition) is 4. The summed E-state index contributed by atoms with van der Waals surface area (Å²) in [6.45, 7) is 0.443. The number of nitrogens with two attached hydrogens (primary N) is 1. The number of nitrogens with one attached hydrogen (secondary N) is 1. The van der Waals surface area contributed by atoms with E-state index in [2.05, 4.69) is 5.32 Å². The molecule has 4 aliphatic rings. The molecule has 1 amide bonds. The highest BCUT2D eigenvalue weighted by Crippen LogP contribution is 2.67. The molecule has 3 saturated carbocycles. The Morgan fingerprint density at radius 1 is 1.35 bits per heavy atom. The molecule has 1 aliphatic heterocycles. The number of hydrogen-bond donors (Lipinski definition) is 2. The third kappa shape index (κ3) is 2.59. The van der Waals surface area contributed by atoms with Crippen LogP contribution >= 0.6 is 0 Å². The van der Waals surface area contributed by atoms with Crippen molar-refractivity contribution in [3.8, 4) is 0 Å². The highest BCUT2D eigenvalue weighted by molar-refractivity contribution is 5.79. The van der Waals surface area contributed by atoms with Crippen molar-refractivity contribution in [2.24, 2.45) is 23.0 Å². The van der Waals surface area contributed by atoms with Gasteiger partial charge in [0.1, 0.15) is 6.17 Å². The topological polar surface area (TPSA) is 67.6 Å². The van der Waals surface area contributed by atoms with Crippen LogP contribution < -0.4 is 11.1 Å². The van der Waals surface area contributed by atoms with Crippen LogP contribution in [0, 0.1) is 17.3 Å². The van der Waals surface area contributed by atoms with Gasteiger partial charge in [0.05, 0.1) is 25.4 Å². The van der Waals surface area contributed by atoms with E-state index in [0.29, 0.717) is 24.1 Å². The van der Waals surface area contributed by atoms with Gasteiger partial charge >= 0.3 is 0 Å². The van der Waals surface area contributed by atoms with E-state index in [1.807, 2.05) is 7.11 Å². The average molecular weight is 325 g/mol. The van der Waals surface area contributed by atoms with Crippen LogP contribution in [0.15, 0.2) is 0 Å². The monoisotopic (exact) mass is 325 g/mol. The minimum absolute atomic E-state index is 0.0553. The fourth-order valence-corrected chi connectivity index (χ4v) is 5.59. The molecular weight excluding hydrogens is 297 g/mol. The number of ether oxygens (including phenoxy) is 1. The summed E-state index contributed by atoms with van der Waals surface area (Å²) in [5, 5.41) is 3.50. The van der Waals surface area contributed by atoms with Gasteiger partial charge in [-0.25, -0.2) is 4.39 Å². The third-order valence-corrected chi connectivity index (χ3v) is 6.90. The molecule has 0 aromatic rings. The Labute approximate surface area is 137 Å². The van der Waals surface area contributed by atoms with Gasteiger partial charge in [0.15, 0.2) is 0 Å². The summed E-state index contributed by atoms with van der Waals surface area (Å²) < 4.78 is 18.9. The van der Waals surface area contributed by atoms with Crippen molar-refractivity contribution < 1.29 is 13.9 Å². The molecule has 6 heteroatoms. The summed E-state index contributed by atoms with van der Waals surface area (Å²) in [6.07, 6.45) is 5.29. The molecule has 6 unspecified atom stereocenters. The second-order valence-electron chi connectivity index (χ2n) is 8.04. The van der Waals surface area contributed by atoms with Crippen molar-refractivity contribution in [1.29, 1.82) is 0 Å². The first-order chi connectivity index (χ1) is 11.0. The molecule has 0 aromatic carbocycles. The Morgan fingerprint density at radius 3 is 2.74 bits per heavy atom. The van der Waals surface area contributed by atoms with Crippen molar-refractivity contribution >= 4 is 5.91 Å². The molecule has 1 spiro atoms. The molecule has 3 N–H and O–H groups in total. The van der Waals surface area contributed by atoms with Crippen LogP contribution in [0.5, 0.6) is 0 Å². The van der Waals surface area contributed by atoms with E-state index in [1.165, 1.54) is 24.2 Å². The van der Waals surface area contributed by atoms with E-state index in [0.717, 1.165) is 24.7 Å². The minimum atomic E-state index is -0.972. The summed E-state index contributed by atoms with van der Waals surface area (Å²) in [7, 11) is 1.82. The maximum Gasteiger partial charge on any atom is 0.237 e. The first-order valence-corrected chi connectivity index (χ1v) is 8.99. The summed E-state index contributed by atoms with van der Waals surface area (Å²) in [6, 6.07) is 0.430. The van der Waals surface area contributed by atoms with Gasteiger partial charge in [0, 0.05) is 19.6 Å². The van der Waals surface area contributed by atoms with E-state index in [1.54, 1.807) is 0 Å². The van der Waals surface area contributed by atoms with Crippen LogP contribution in [0.1, 0.15) is 38.5 Å². The number of likely N-dealkylation sites (tertiary alicyclic amines) is 1. The normalized spacial score (nSPS) is 44.0. The summed E-state index contributed by atoms with van der Waals surface area (Å²) in [5.74, 6) is 1.43. The highest BCUT2D eigenvalue weighted by atomic mass is 19.1. The minimum Gasteiger partial charge on any atom is -0.381 e. The standard InChI is InChI=1S/C17H28FN3O2/c1-23-12-4-10-5-14(17(2-3-17)13(10)7-12)20-8-16(22)21-9-11(18)6-15(21)19/h10-15,20H,2-9,19H2,1H3. The molecule has 1 saturated heterocycles. The Balaban J connectivity index is 1.33. The highest BCUT2D eigenvalue weighted by Gasteiger charge is 2.63. The zero-order chi connectivity index (χ0) is 16.2. The fraction of sp³-hybridized carbons (Fsp3) is 0.941. The van der Waals surface area contributed by atoms with E-state index >= 15 is 0 Å². The van der Waals surface area contributed by atoms with Crippen LogP contribution in [-0.2, 0) is 9.53 Å². The summed E-state index contributed by atoms with van der Waals surface area (Å²) in [5.41, 5.74) is 6.25. The molecule has 1 heterocycles. The molecular formula is C17H28FN3O2. The maximum atomic E-state index is 13.4. The number of rotatable bonds is 4. The zero-order valence-corrected chi connectivity index (χ0v) is 13.8. The molecule has 0 bridgehead atoms. The summed E-state index contributed by atoms with van der Waals surface area (Å²) in [4.78, 5) is 13.8. The van der Waals surface area contributed by atoms with Crippen LogP contribution in [0.4, 0.5) is 4.39 Å². The SMILES string of the molecule is COC1CC2CC(NCC(=O)N3CC(F)CC3N)C3(CC3)C2C1. The van der Waals surface area contributed by atoms with Gasteiger partial charge in [0.2, 0.25) is 5.91 Å². The number of fused-ring (bicyclic) bond motifs is 2. The largest absolute Gasteiger partial charge is 0.381 e. The Morgan fingerprint density at radius 2 is 2.13 bits per heavy atom. The smallest absolute Gasteiger partial charge is 0.237 e. The Hall–Kier alpha value is -0.720. The van der Waals surface area contributed by atoms with Crippen LogP contribution in [-0.4, -0.2) is 55.5 Å². The van der Waals surface area contributed by atoms with Gasteiger partial charge in [-0.05, 0) is 49.4 Å². The second kappa shape index (κ2) is 5.67. The van der Waals surface area contributed by atoms with Crippen LogP contribution in [0.25, 0.3) is 0 Å². The lowest BCUT2D eigenvalue weighted by molar-refractivity contribution is -0.131. The van der Waals surface area contributed by atoms with Crippen molar-refractivity contribution in [2.45, 2.75) is 63.0 Å². The molecule has 0 aromatic heterocycles. The average Bonchev–Trinajstić information content (AvgIpc) is 2.98. The van der Waals surface area contributed by atoms with Gasteiger partial charge in [-0.1, -0.05) is 0 Å². The Kier molecular flexibility index (Phi) is 3.89. The van der Waals surface area contributed by atoms with Crippen LogP contribution in [0.3, 0.4) is 0 Å². The maximum absolute atomic E-state index is 13.4. The number of halogens is 1. The number of methoxy groups -OCH3 is 1. The molecule has 6 atom stereocenters. The van der Waals surface area contributed by atoms with E-state index in [9.17, 15) is 9.18 Å². The van der Waals surface area contributed by atoms with Gasteiger partial charge in [-0.15, -0.1) is 0 Å². The number of alkyl halides is 1. The molecule has 4 rings (SSSR count). The lowest BCUT2D eigenvalue weighted by Crippen LogP contribution is -2.48. The number of amides is 1. The molecule has 130 valence electrons. The molecule has 3 aliphatic carbocycles. The molecule has 0 radical (unpaired) electrons. The predicted molar refractivity (Wildman–Crippen MR) is 84.3 cm³/mol. The number of carbonyl (C=O) groups excluding carboxylic acids is 1. The van der Waals surface area contributed by atoms with Crippen molar-refractivity contribution in [2.75, 3.05) is 20.2 Å². The first kappa shape index (κ1) is 15.8. The van der Waals surface area contributed by atoms with Gasteiger partial charge in [-0.3, -0.25) is 4.79 Å². The predicted octanol–water partition coefficient (Wildman–Crippen LogP) is 1.02. The summed E-state index contributed by atoms with van der Waals surface area (Å²) >= 11 is 0. The van der Waals surface area contributed by atoms with Gasteiger partial charge < -0.3 is 20.7 Å². The lowest BCUT2D eigenvalue weighted by atomic mass is 9.87. The lowest BCUT2D eigenvalue weighted by Gasteiger charge is -2.27. The first-order valence-electron chi connectivity index (χ1n) is 8.99. The third-order valence-electron chi connectivity index (χ3n) is 6.90. The van der Waals surface area contributed by atoms with E-state index in [-0.39, 0.29) is 18.9 Å². The quantitative estimate of drug-likeness (QED) is 0.810. The fourth-order valence-electron chi connectivity index (χ4n) is 5.59. The molecule has 23 heavy (non-hydrogen) atoms. The second-order valence-corrected chi connectivity index (χ2v) is 8.04.